The lowest BCUT2D eigenvalue weighted by molar-refractivity contribution is -0.913. The predicted molar refractivity (Wildman–Crippen MR) is 93.2 cm³/mol. The second-order valence-electron chi connectivity index (χ2n) is 6.08. The third-order valence-corrected chi connectivity index (χ3v) is 5.81. The lowest BCUT2D eigenvalue weighted by Crippen LogP contribution is -3.11. The van der Waals surface area contributed by atoms with Gasteiger partial charge in [-0.15, -0.1) is 11.3 Å². The topological polar surface area (TPSA) is 65.3 Å². The van der Waals surface area contributed by atoms with E-state index >= 15 is 0 Å². The van der Waals surface area contributed by atoms with Gasteiger partial charge >= 0.3 is 0 Å². The van der Waals surface area contributed by atoms with Crippen molar-refractivity contribution in [3.05, 3.63) is 50.9 Å². The van der Waals surface area contributed by atoms with Gasteiger partial charge in [0.15, 0.2) is 5.82 Å². The molecule has 0 radical (unpaired) electrons. The van der Waals surface area contributed by atoms with Crippen molar-refractivity contribution in [2.45, 2.75) is 19.9 Å². The Morgan fingerprint density at radius 3 is 2.83 bits per heavy atom. The summed E-state index contributed by atoms with van der Waals surface area (Å²) in [5.41, 5.74) is 1.51. The number of quaternary nitrogens is 1. The molecule has 4 rings (SSSR count). The molecule has 0 spiro atoms. The van der Waals surface area contributed by atoms with Crippen LogP contribution in [0.1, 0.15) is 17.4 Å². The maximum Gasteiger partial charge on any atom is 0.281 e. The molecule has 0 bridgehead atoms. The number of rotatable bonds is 2. The standard InChI is InChI=1S/C17H17FN4OS/c1-2-21-8-7-12-13(9-21)24-16-14(12)17(23)22(19)15(20-16)10-3-5-11(18)6-4-10/h3-6H,2,7-9,19H2,1H3/p+1. The normalized spacial score (nSPS) is 17.2. The monoisotopic (exact) mass is 345 g/mol. The second kappa shape index (κ2) is 5.68. The van der Waals surface area contributed by atoms with Crippen molar-refractivity contribution in [2.24, 2.45) is 0 Å². The van der Waals surface area contributed by atoms with Crippen molar-refractivity contribution in [3.8, 4) is 11.4 Å². The number of thiophene rings is 1. The van der Waals surface area contributed by atoms with Gasteiger partial charge in [0.05, 0.1) is 23.4 Å². The van der Waals surface area contributed by atoms with Gasteiger partial charge in [-0.25, -0.2) is 14.1 Å². The summed E-state index contributed by atoms with van der Waals surface area (Å²) in [5.74, 6) is 6.04. The van der Waals surface area contributed by atoms with Crippen LogP contribution in [0.2, 0.25) is 0 Å². The Kier molecular flexibility index (Phi) is 3.62. The summed E-state index contributed by atoms with van der Waals surface area (Å²) in [5, 5.41) is 0.651. The molecule has 1 atom stereocenters. The van der Waals surface area contributed by atoms with Crippen LogP contribution in [0.3, 0.4) is 0 Å². The van der Waals surface area contributed by atoms with Crippen molar-refractivity contribution in [1.82, 2.24) is 9.66 Å². The molecule has 24 heavy (non-hydrogen) atoms. The van der Waals surface area contributed by atoms with E-state index in [1.807, 2.05) is 0 Å². The first-order valence-corrected chi connectivity index (χ1v) is 8.82. The number of nitrogens with zero attached hydrogens (tertiary/aromatic N) is 2. The summed E-state index contributed by atoms with van der Waals surface area (Å²) in [4.78, 5) is 20.9. The second-order valence-corrected chi connectivity index (χ2v) is 7.17. The van der Waals surface area contributed by atoms with Crippen molar-refractivity contribution >= 4 is 21.6 Å². The maximum absolute atomic E-state index is 13.1. The molecule has 7 heteroatoms. The molecule has 1 unspecified atom stereocenters. The number of nitrogens with two attached hydrogens (primary N) is 1. The average molecular weight is 345 g/mol. The number of fused-ring (bicyclic) bond motifs is 3. The van der Waals surface area contributed by atoms with Crippen molar-refractivity contribution < 1.29 is 9.29 Å². The van der Waals surface area contributed by atoms with Crippen LogP contribution in [-0.4, -0.2) is 22.7 Å². The fourth-order valence-corrected chi connectivity index (χ4v) is 4.57. The molecule has 1 aliphatic rings. The SMILES string of the molecule is CC[NH+]1CCc2c(sc3nc(-c4ccc(F)cc4)n(N)c(=O)c23)C1. The molecule has 0 fully saturated rings. The highest BCUT2D eigenvalue weighted by Gasteiger charge is 2.26. The first-order valence-electron chi connectivity index (χ1n) is 8.00. The number of likely N-dealkylation sites (N-methyl/N-ethyl adjacent to an activating group) is 1. The summed E-state index contributed by atoms with van der Waals surface area (Å²) in [6, 6.07) is 5.85. The van der Waals surface area contributed by atoms with Crippen LogP contribution in [0.25, 0.3) is 21.6 Å². The van der Waals surface area contributed by atoms with Gasteiger partial charge in [-0.05, 0) is 36.8 Å². The minimum Gasteiger partial charge on any atom is -0.334 e. The summed E-state index contributed by atoms with van der Waals surface area (Å²) >= 11 is 1.58. The van der Waals surface area contributed by atoms with Crippen molar-refractivity contribution in [2.75, 3.05) is 18.9 Å². The van der Waals surface area contributed by atoms with Crippen LogP contribution in [0.5, 0.6) is 0 Å². The molecule has 3 N–H and O–H groups in total. The number of nitrogen functional groups attached to an aromatic ring is 1. The number of hydrogen-bond acceptors (Lipinski definition) is 4. The Hall–Kier alpha value is -2.25. The molecular weight excluding hydrogens is 327 g/mol. The van der Waals surface area contributed by atoms with Gasteiger partial charge in [-0.3, -0.25) is 4.79 Å². The third-order valence-electron chi connectivity index (χ3n) is 4.68. The Morgan fingerprint density at radius 2 is 2.12 bits per heavy atom. The first kappa shape index (κ1) is 15.3. The van der Waals surface area contributed by atoms with Crippen LogP contribution in [0.4, 0.5) is 4.39 Å². The molecule has 1 aromatic carbocycles. The van der Waals surface area contributed by atoms with E-state index in [1.165, 1.54) is 21.9 Å². The number of benzene rings is 1. The fraction of sp³-hybridized carbons (Fsp3) is 0.294. The molecular formula is C17H18FN4OS+. The van der Waals surface area contributed by atoms with Crippen molar-refractivity contribution in [3.63, 3.8) is 0 Å². The number of hydrogen-bond donors (Lipinski definition) is 2. The van der Waals surface area contributed by atoms with Gasteiger partial charge in [-0.1, -0.05) is 0 Å². The molecule has 0 saturated carbocycles. The molecule has 3 aromatic rings. The molecule has 0 aliphatic carbocycles. The van der Waals surface area contributed by atoms with Gasteiger partial charge in [0.2, 0.25) is 0 Å². The molecule has 2 aromatic heterocycles. The van der Waals surface area contributed by atoms with E-state index in [0.29, 0.717) is 16.8 Å². The van der Waals surface area contributed by atoms with Crippen LogP contribution in [0, 0.1) is 5.82 Å². The molecule has 124 valence electrons. The average Bonchev–Trinajstić information content (AvgIpc) is 2.96. The van der Waals surface area contributed by atoms with E-state index in [1.54, 1.807) is 23.5 Å². The zero-order valence-corrected chi connectivity index (χ0v) is 14.1. The van der Waals surface area contributed by atoms with E-state index in [-0.39, 0.29) is 11.4 Å². The van der Waals surface area contributed by atoms with E-state index < -0.39 is 0 Å². The summed E-state index contributed by atoms with van der Waals surface area (Å²) in [6.07, 6.45) is 0.880. The largest absolute Gasteiger partial charge is 0.334 e. The number of halogens is 1. The van der Waals surface area contributed by atoms with E-state index in [9.17, 15) is 9.18 Å². The van der Waals surface area contributed by atoms with Crippen LogP contribution >= 0.6 is 11.3 Å². The smallest absolute Gasteiger partial charge is 0.281 e. The number of aromatic nitrogens is 2. The Balaban J connectivity index is 1.92. The zero-order valence-electron chi connectivity index (χ0n) is 13.3. The quantitative estimate of drug-likeness (QED) is 0.680. The predicted octanol–water partition coefficient (Wildman–Crippen LogP) is 0.939. The van der Waals surface area contributed by atoms with E-state index in [4.69, 9.17) is 5.84 Å². The van der Waals surface area contributed by atoms with E-state index in [0.717, 1.165) is 41.1 Å². The zero-order chi connectivity index (χ0) is 16.8. The molecule has 5 nitrogen and oxygen atoms in total. The van der Waals surface area contributed by atoms with Crippen LogP contribution in [0.15, 0.2) is 29.1 Å². The molecule has 0 saturated heterocycles. The molecule has 1 aliphatic heterocycles. The van der Waals surface area contributed by atoms with E-state index in [2.05, 4.69) is 11.9 Å². The highest BCUT2D eigenvalue weighted by atomic mass is 32.1. The highest BCUT2D eigenvalue weighted by Crippen LogP contribution is 2.30. The minimum absolute atomic E-state index is 0.225. The Morgan fingerprint density at radius 1 is 1.38 bits per heavy atom. The summed E-state index contributed by atoms with van der Waals surface area (Å²) in [6.45, 7) is 5.20. The lowest BCUT2D eigenvalue weighted by Gasteiger charge is -2.22. The Bertz CT molecular complexity index is 977. The number of nitrogens with one attached hydrogen (secondary N) is 1. The van der Waals surface area contributed by atoms with Crippen LogP contribution in [-0.2, 0) is 13.0 Å². The van der Waals surface area contributed by atoms with Gasteiger partial charge in [0.1, 0.15) is 17.2 Å². The first-order chi connectivity index (χ1) is 11.6. The third kappa shape index (κ3) is 2.32. The van der Waals surface area contributed by atoms with Gasteiger partial charge < -0.3 is 10.7 Å². The van der Waals surface area contributed by atoms with Crippen LogP contribution < -0.4 is 16.3 Å². The Labute approximate surface area is 142 Å². The summed E-state index contributed by atoms with van der Waals surface area (Å²) in [7, 11) is 0. The van der Waals surface area contributed by atoms with Gasteiger partial charge in [0.25, 0.3) is 5.56 Å². The highest BCUT2D eigenvalue weighted by molar-refractivity contribution is 7.18. The molecule has 0 amide bonds. The van der Waals surface area contributed by atoms with Gasteiger partial charge in [0, 0.05) is 12.0 Å². The van der Waals surface area contributed by atoms with Crippen molar-refractivity contribution in [1.29, 1.82) is 0 Å². The maximum atomic E-state index is 13.1. The summed E-state index contributed by atoms with van der Waals surface area (Å²) < 4.78 is 14.2. The van der Waals surface area contributed by atoms with Gasteiger partial charge in [-0.2, -0.15) is 0 Å². The molecule has 3 heterocycles. The fourth-order valence-electron chi connectivity index (χ4n) is 3.29. The minimum atomic E-state index is -0.333. The lowest BCUT2D eigenvalue weighted by atomic mass is 10.1.